The van der Waals surface area contributed by atoms with Crippen molar-refractivity contribution in [1.29, 1.82) is 0 Å². The summed E-state index contributed by atoms with van der Waals surface area (Å²) in [7, 11) is 0. The number of carbonyl (C=O) groups is 2. The Morgan fingerprint density at radius 2 is 2.04 bits per heavy atom. The molecule has 0 spiro atoms. The van der Waals surface area contributed by atoms with Gasteiger partial charge in [0, 0.05) is 25.4 Å². The molecule has 1 atom stereocenters. The van der Waals surface area contributed by atoms with Gasteiger partial charge in [0.05, 0.1) is 4.88 Å². The molecule has 0 aromatic carbocycles. The van der Waals surface area contributed by atoms with Crippen molar-refractivity contribution in [2.45, 2.75) is 32.4 Å². The van der Waals surface area contributed by atoms with E-state index >= 15 is 0 Å². The molecule has 0 aliphatic rings. The molecule has 2 aromatic heterocycles. The van der Waals surface area contributed by atoms with Gasteiger partial charge in [0.2, 0.25) is 11.5 Å². The summed E-state index contributed by atoms with van der Waals surface area (Å²) in [5, 5.41) is 7.28. The number of rotatable bonds is 8. The lowest BCUT2D eigenvalue weighted by Gasteiger charge is -2.13. The molecule has 0 fully saturated rings. The molecule has 0 saturated heterocycles. The fraction of sp³-hybridized carbons (Fsp3) is 0.353. The Morgan fingerprint density at radius 1 is 1.21 bits per heavy atom. The van der Waals surface area contributed by atoms with Gasteiger partial charge in [0.1, 0.15) is 6.04 Å². The second-order valence-electron chi connectivity index (χ2n) is 5.40. The Bertz CT molecular complexity index is 725. The third-order valence-corrected chi connectivity index (χ3v) is 4.38. The summed E-state index contributed by atoms with van der Waals surface area (Å²) >= 11 is 1.34. The first-order chi connectivity index (χ1) is 11.6. The van der Waals surface area contributed by atoms with Crippen LogP contribution in [0.3, 0.4) is 0 Å². The Balaban J connectivity index is 1.65. The predicted octanol–water partition coefficient (Wildman–Crippen LogP) is 1.62. The topological polar surface area (TPSA) is 80.2 Å². The van der Waals surface area contributed by atoms with Crippen LogP contribution < -0.4 is 16.2 Å². The fourth-order valence-corrected chi connectivity index (χ4v) is 2.79. The molecule has 0 saturated carbocycles. The van der Waals surface area contributed by atoms with Gasteiger partial charge in [-0.15, -0.1) is 11.3 Å². The third-order valence-electron chi connectivity index (χ3n) is 3.51. The highest BCUT2D eigenvalue weighted by Crippen LogP contribution is 2.08. The Morgan fingerprint density at radius 3 is 2.75 bits per heavy atom. The number of pyridine rings is 1. The van der Waals surface area contributed by atoms with E-state index in [0.717, 1.165) is 12.8 Å². The third kappa shape index (κ3) is 5.34. The number of nitrogens with zero attached hydrogens (tertiary/aromatic N) is 1. The molecule has 6 nitrogen and oxygen atoms in total. The summed E-state index contributed by atoms with van der Waals surface area (Å²) in [4.78, 5) is 36.0. The van der Waals surface area contributed by atoms with Crippen LogP contribution in [0.15, 0.2) is 46.7 Å². The molecule has 2 N–H and O–H groups in total. The zero-order valence-corrected chi connectivity index (χ0v) is 14.3. The van der Waals surface area contributed by atoms with Crippen LogP contribution in [0, 0.1) is 0 Å². The summed E-state index contributed by atoms with van der Waals surface area (Å²) in [5.74, 6) is -0.451. The molecule has 0 radical (unpaired) electrons. The van der Waals surface area contributed by atoms with Crippen LogP contribution in [0.2, 0.25) is 0 Å². The van der Waals surface area contributed by atoms with Gasteiger partial charge in [0.15, 0.2) is 0 Å². The van der Waals surface area contributed by atoms with Gasteiger partial charge < -0.3 is 15.2 Å². The summed E-state index contributed by atoms with van der Waals surface area (Å²) in [6, 6.07) is 7.99. The maximum Gasteiger partial charge on any atom is 0.261 e. The number of aryl methyl sites for hydroxylation is 1. The van der Waals surface area contributed by atoms with E-state index in [2.05, 4.69) is 10.6 Å². The van der Waals surface area contributed by atoms with Gasteiger partial charge >= 0.3 is 0 Å². The van der Waals surface area contributed by atoms with Crippen molar-refractivity contribution in [2.24, 2.45) is 0 Å². The summed E-state index contributed by atoms with van der Waals surface area (Å²) in [6.45, 7) is 2.80. The number of hydrogen-bond acceptors (Lipinski definition) is 4. The molecule has 2 rings (SSSR count). The zero-order valence-electron chi connectivity index (χ0n) is 13.5. The summed E-state index contributed by atoms with van der Waals surface area (Å²) < 4.78 is 1.64. The number of thiophene rings is 1. The van der Waals surface area contributed by atoms with Crippen molar-refractivity contribution < 1.29 is 9.59 Å². The van der Waals surface area contributed by atoms with Crippen LogP contribution in [-0.4, -0.2) is 29.0 Å². The standard InChI is InChI=1S/C17H21N3O3S/c1-13(19-17(23)14-7-6-12-24-14)16(22)18-9-3-5-11-20-10-4-2-8-15(20)21/h2,4,6-8,10,12-13H,3,5,9,11H2,1H3,(H,18,22)(H,19,23). The van der Waals surface area contributed by atoms with Gasteiger partial charge in [0.25, 0.3) is 5.91 Å². The number of unbranched alkanes of at least 4 members (excludes halogenated alkanes) is 1. The fourth-order valence-electron chi connectivity index (χ4n) is 2.16. The minimum Gasteiger partial charge on any atom is -0.354 e. The molecule has 0 aliphatic carbocycles. The number of carbonyl (C=O) groups excluding carboxylic acids is 2. The van der Waals surface area contributed by atoms with E-state index in [9.17, 15) is 14.4 Å². The number of hydrogen-bond donors (Lipinski definition) is 2. The van der Waals surface area contributed by atoms with Crippen molar-refractivity contribution in [3.8, 4) is 0 Å². The average molecular weight is 347 g/mol. The molecular formula is C17H21N3O3S. The zero-order chi connectivity index (χ0) is 17.4. The van der Waals surface area contributed by atoms with Crippen LogP contribution in [0.5, 0.6) is 0 Å². The van der Waals surface area contributed by atoms with Crippen molar-refractivity contribution >= 4 is 23.2 Å². The van der Waals surface area contributed by atoms with Crippen LogP contribution in [0.1, 0.15) is 29.4 Å². The highest BCUT2D eigenvalue weighted by molar-refractivity contribution is 7.12. The minimum atomic E-state index is -0.587. The summed E-state index contributed by atoms with van der Waals surface area (Å²) in [6.07, 6.45) is 3.31. The van der Waals surface area contributed by atoms with Crippen LogP contribution in [0.25, 0.3) is 0 Å². The van der Waals surface area contributed by atoms with Crippen molar-refractivity contribution in [3.05, 3.63) is 57.1 Å². The lowest BCUT2D eigenvalue weighted by Crippen LogP contribution is -2.44. The second kappa shape index (κ2) is 9.02. The lowest BCUT2D eigenvalue weighted by atomic mass is 10.2. The van der Waals surface area contributed by atoms with E-state index in [1.165, 1.54) is 17.4 Å². The highest BCUT2D eigenvalue weighted by Gasteiger charge is 2.16. The molecule has 2 amide bonds. The van der Waals surface area contributed by atoms with E-state index in [1.54, 1.807) is 35.9 Å². The van der Waals surface area contributed by atoms with Crippen molar-refractivity contribution in [3.63, 3.8) is 0 Å². The molecule has 0 aliphatic heterocycles. The van der Waals surface area contributed by atoms with E-state index in [0.29, 0.717) is 18.0 Å². The number of nitrogens with one attached hydrogen (secondary N) is 2. The monoisotopic (exact) mass is 347 g/mol. The Kier molecular flexibility index (Phi) is 6.74. The Labute approximate surface area is 144 Å². The van der Waals surface area contributed by atoms with Gasteiger partial charge in [-0.1, -0.05) is 12.1 Å². The smallest absolute Gasteiger partial charge is 0.261 e. The second-order valence-corrected chi connectivity index (χ2v) is 6.35. The van der Waals surface area contributed by atoms with Gasteiger partial charge in [-0.25, -0.2) is 0 Å². The molecular weight excluding hydrogens is 326 g/mol. The number of aromatic nitrogens is 1. The van der Waals surface area contributed by atoms with E-state index in [-0.39, 0.29) is 17.4 Å². The van der Waals surface area contributed by atoms with E-state index in [1.807, 2.05) is 11.4 Å². The molecule has 128 valence electrons. The average Bonchev–Trinajstić information content (AvgIpc) is 3.10. The SMILES string of the molecule is CC(NC(=O)c1cccs1)C(=O)NCCCCn1ccccc1=O. The first-order valence-electron chi connectivity index (χ1n) is 7.85. The highest BCUT2D eigenvalue weighted by atomic mass is 32.1. The van der Waals surface area contributed by atoms with Crippen molar-refractivity contribution in [2.75, 3.05) is 6.54 Å². The summed E-state index contributed by atoms with van der Waals surface area (Å²) in [5.41, 5.74) is -0.0218. The molecule has 1 unspecified atom stereocenters. The molecule has 24 heavy (non-hydrogen) atoms. The minimum absolute atomic E-state index is 0.0218. The van der Waals surface area contributed by atoms with E-state index in [4.69, 9.17) is 0 Å². The van der Waals surface area contributed by atoms with Gasteiger partial charge in [-0.3, -0.25) is 14.4 Å². The molecule has 2 aromatic rings. The molecule has 7 heteroatoms. The normalized spacial score (nSPS) is 11.7. The molecule has 2 heterocycles. The van der Waals surface area contributed by atoms with Crippen LogP contribution >= 0.6 is 11.3 Å². The lowest BCUT2D eigenvalue weighted by molar-refractivity contribution is -0.122. The first-order valence-corrected chi connectivity index (χ1v) is 8.73. The van der Waals surface area contributed by atoms with Gasteiger partial charge in [-0.05, 0) is 37.3 Å². The first kappa shape index (κ1) is 17.9. The largest absolute Gasteiger partial charge is 0.354 e. The van der Waals surface area contributed by atoms with Crippen LogP contribution in [0.4, 0.5) is 0 Å². The molecule has 0 bridgehead atoms. The van der Waals surface area contributed by atoms with Crippen molar-refractivity contribution in [1.82, 2.24) is 15.2 Å². The number of amides is 2. The maximum atomic E-state index is 12.0. The van der Waals surface area contributed by atoms with Crippen LogP contribution in [-0.2, 0) is 11.3 Å². The van der Waals surface area contributed by atoms with E-state index < -0.39 is 6.04 Å². The Hall–Kier alpha value is -2.41. The van der Waals surface area contributed by atoms with Gasteiger partial charge in [-0.2, -0.15) is 0 Å². The quantitative estimate of drug-likeness (QED) is 0.712. The predicted molar refractivity (Wildman–Crippen MR) is 94.2 cm³/mol. The maximum absolute atomic E-state index is 12.0.